The number of hydrogen-bond donors (Lipinski definition) is 3. The third kappa shape index (κ3) is 13.1. The molecule has 0 radical (unpaired) electrons. The smallest absolute Gasteiger partial charge is 0.407 e. The summed E-state index contributed by atoms with van der Waals surface area (Å²) in [7, 11) is 0. The highest BCUT2D eigenvalue weighted by Crippen LogP contribution is 2.16. The van der Waals surface area contributed by atoms with Crippen molar-refractivity contribution >= 4 is 29.2 Å². The van der Waals surface area contributed by atoms with E-state index in [4.69, 9.17) is 9.47 Å². The van der Waals surface area contributed by atoms with Crippen LogP contribution in [0.3, 0.4) is 0 Å². The minimum absolute atomic E-state index is 0.160. The lowest BCUT2D eigenvalue weighted by molar-refractivity contribution is -0.134. The van der Waals surface area contributed by atoms with E-state index in [0.717, 1.165) is 29.1 Å². The Hall–Kier alpha value is -3.80. The number of aromatic nitrogens is 1. The van der Waals surface area contributed by atoms with Gasteiger partial charge in [0.15, 0.2) is 0 Å². The first-order valence-electron chi connectivity index (χ1n) is 16.5. The number of hydrogen-bond acceptors (Lipinski definition) is 8. The van der Waals surface area contributed by atoms with Crippen molar-refractivity contribution in [3.8, 4) is 0 Å². The van der Waals surface area contributed by atoms with Gasteiger partial charge in [0.05, 0.1) is 23.6 Å². The Morgan fingerprint density at radius 2 is 1.47 bits per heavy atom. The maximum Gasteiger partial charge on any atom is 0.407 e. The van der Waals surface area contributed by atoms with Crippen LogP contribution in [0.4, 0.5) is 4.79 Å². The van der Waals surface area contributed by atoms with Crippen molar-refractivity contribution in [2.75, 3.05) is 32.8 Å². The summed E-state index contributed by atoms with van der Waals surface area (Å²) in [5.74, 6) is -0.364. The second-order valence-electron chi connectivity index (χ2n) is 13.1. The molecule has 0 aliphatic carbocycles. The Bertz CT molecular complexity index is 1360. The molecule has 10 nitrogen and oxygen atoms in total. The van der Waals surface area contributed by atoms with Gasteiger partial charge in [0.25, 0.3) is 0 Å². The van der Waals surface area contributed by atoms with Crippen LogP contribution < -0.4 is 16.0 Å². The van der Waals surface area contributed by atoms with Gasteiger partial charge < -0.3 is 25.4 Å². The van der Waals surface area contributed by atoms with E-state index in [0.29, 0.717) is 51.9 Å². The summed E-state index contributed by atoms with van der Waals surface area (Å²) < 4.78 is 11.0. The summed E-state index contributed by atoms with van der Waals surface area (Å²) in [5, 5.41) is 9.37. The molecule has 1 saturated heterocycles. The summed E-state index contributed by atoms with van der Waals surface area (Å²) in [6.07, 6.45) is 4.14. The van der Waals surface area contributed by atoms with Gasteiger partial charge in [-0.3, -0.25) is 19.5 Å². The van der Waals surface area contributed by atoms with Gasteiger partial charge in [-0.15, -0.1) is 11.3 Å². The van der Waals surface area contributed by atoms with Crippen LogP contribution in [0.1, 0.15) is 56.0 Å². The molecule has 1 fully saturated rings. The number of benzene rings is 2. The predicted molar refractivity (Wildman–Crippen MR) is 184 cm³/mol. The van der Waals surface area contributed by atoms with Gasteiger partial charge in [-0.25, -0.2) is 4.79 Å². The second-order valence-corrected chi connectivity index (χ2v) is 14.0. The molecule has 2 heterocycles. The van der Waals surface area contributed by atoms with Crippen molar-refractivity contribution in [1.82, 2.24) is 25.8 Å². The highest BCUT2D eigenvalue weighted by atomic mass is 32.1. The molecule has 3 aromatic rings. The minimum Gasteiger partial charge on any atom is -0.444 e. The molecule has 0 bridgehead atoms. The van der Waals surface area contributed by atoms with Crippen LogP contribution in [0, 0.1) is 5.41 Å². The summed E-state index contributed by atoms with van der Waals surface area (Å²) in [5.41, 5.74) is 3.26. The Balaban J connectivity index is 1.46. The zero-order chi connectivity index (χ0) is 33.5. The van der Waals surface area contributed by atoms with Crippen molar-refractivity contribution in [3.63, 3.8) is 0 Å². The number of nitrogens with one attached hydrogen (secondary N) is 3. The van der Waals surface area contributed by atoms with Crippen molar-refractivity contribution in [3.05, 3.63) is 88.4 Å². The fourth-order valence-electron chi connectivity index (χ4n) is 5.39. The predicted octanol–water partition coefficient (Wildman–Crippen LogP) is 4.74. The third-order valence-corrected chi connectivity index (χ3v) is 8.90. The van der Waals surface area contributed by atoms with E-state index in [2.05, 4.69) is 25.8 Å². The van der Waals surface area contributed by atoms with E-state index >= 15 is 0 Å². The molecule has 0 unspecified atom stereocenters. The molecule has 11 heteroatoms. The molecule has 2 aromatic carbocycles. The maximum atomic E-state index is 13.9. The van der Waals surface area contributed by atoms with Crippen LogP contribution in [0.15, 0.2) is 72.4 Å². The molecule has 1 aromatic heterocycles. The molecule has 4 rings (SSSR count). The van der Waals surface area contributed by atoms with Crippen LogP contribution in [-0.4, -0.2) is 78.8 Å². The first kappa shape index (κ1) is 36.0. The summed E-state index contributed by atoms with van der Waals surface area (Å²) in [6.45, 7) is 9.33. The lowest BCUT2D eigenvalue weighted by atomic mass is 9.94. The summed E-state index contributed by atoms with van der Waals surface area (Å²) in [6, 6.07) is 18.9. The van der Waals surface area contributed by atoms with Gasteiger partial charge in [-0.1, -0.05) is 81.4 Å². The topological polar surface area (TPSA) is 122 Å². The number of amides is 3. The zero-order valence-corrected chi connectivity index (χ0v) is 28.6. The molecule has 1 aliphatic heterocycles. The number of carbonyl (C=O) groups is 3. The van der Waals surface area contributed by atoms with Crippen LogP contribution in [0.5, 0.6) is 0 Å². The van der Waals surface area contributed by atoms with Crippen LogP contribution >= 0.6 is 11.3 Å². The van der Waals surface area contributed by atoms with E-state index in [-0.39, 0.29) is 30.5 Å². The van der Waals surface area contributed by atoms with Gasteiger partial charge in [0.1, 0.15) is 12.6 Å². The molecule has 3 N–H and O–H groups in total. The van der Waals surface area contributed by atoms with E-state index < -0.39 is 17.6 Å². The Kier molecular flexibility index (Phi) is 14.2. The minimum atomic E-state index is -0.678. The summed E-state index contributed by atoms with van der Waals surface area (Å²) in [4.78, 5) is 47.0. The zero-order valence-electron chi connectivity index (χ0n) is 27.8. The maximum absolute atomic E-state index is 13.9. The molecule has 3 atom stereocenters. The Morgan fingerprint density at radius 1 is 0.872 bits per heavy atom. The normalized spacial score (nSPS) is 15.6. The van der Waals surface area contributed by atoms with Crippen molar-refractivity contribution in [1.29, 1.82) is 0 Å². The quantitative estimate of drug-likeness (QED) is 0.202. The highest BCUT2D eigenvalue weighted by molar-refractivity contribution is 7.09. The molecule has 3 amide bonds. The molecule has 47 heavy (non-hydrogen) atoms. The number of ether oxygens (including phenoxy) is 2. The Labute approximate surface area is 282 Å². The lowest BCUT2D eigenvalue weighted by Crippen LogP contribution is -2.53. The van der Waals surface area contributed by atoms with Crippen molar-refractivity contribution in [2.24, 2.45) is 5.41 Å². The molecule has 1 aliphatic rings. The third-order valence-electron chi connectivity index (χ3n) is 8.15. The standard InChI is InChI=1S/C36H49N5O5S/c1-36(2,3)34(43)40-32(16-17-41-18-20-45-21-19-41)33(42)38-29(22-27-10-6-4-7-11-27)14-15-30(23-28-12-8-5-9-13-28)39-35(44)46-25-31-24-37-26-47-31/h4-13,24,26,29-30,32H,14-23,25H2,1-3H3,(H,38,42)(H,39,44)(H,40,43)/t29-,30-,32+/m1/s1. The molecule has 254 valence electrons. The van der Waals surface area contributed by atoms with Gasteiger partial charge in [0, 0.05) is 43.3 Å². The number of carbonyl (C=O) groups excluding carboxylic acids is 3. The first-order chi connectivity index (χ1) is 22.7. The molecular formula is C36H49N5O5S. The van der Waals surface area contributed by atoms with Gasteiger partial charge in [-0.05, 0) is 43.2 Å². The SMILES string of the molecule is CC(C)(C)C(=O)N[C@@H](CCN1CCOCC1)C(=O)N[C@H](CC[C@H](Cc1ccccc1)NC(=O)OCc1cncs1)Cc1ccccc1. The number of rotatable bonds is 16. The highest BCUT2D eigenvalue weighted by Gasteiger charge is 2.29. The van der Waals surface area contributed by atoms with E-state index in [1.807, 2.05) is 81.4 Å². The van der Waals surface area contributed by atoms with Crippen molar-refractivity contribution < 1.29 is 23.9 Å². The van der Waals surface area contributed by atoms with E-state index in [1.54, 1.807) is 11.7 Å². The average molecular weight is 664 g/mol. The van der Waals surface area contributed by atoms with E-state index in [1.165, 1.54) is 11.3 Å². The molecular weight excluding hydrogens is 614 g/mol. The monoisotopic (exact) mass is 663 g/mol. The number of thiazole rings is 1. The Morgan fingerprint density at radius 3 is 2.02 bits per heavy atom. The number of morpholine rings is 1. The van der Waals surface area contributed by atoms with Gasteiger partial charge >= 0.3 is 6.09 Å². The fourth-order valence-corrected chi connectivity index (χ4v) is 5.90. The fraction of sp³-hybridized carbons (Fsp3) is 0.500. The molecule has 0 saturated carbocycles. The number of nitrogens with zero attached hydrogens (tertiary/aromatic N) is 2. The molecule has 0 spiro atoms. The lowest BCUT2D eigenvalue weighted by Gasteiger charge is -2.30. The van der Waals surface area contributed by atoms with Crippen LogP contribution in [0.2, 0.25) is 0 Å². The van der Waals surface area contributed by atoms with Gasteiger partial charge in [-0.2, -0.15) is 0 Å². The largest absolute Gasteiger partial charge is 0.444 e. The first-order valence-corrected chi connectivity index (χ1v) is 17.3. The summed E-state index contributed by atoms with van der Waals surface area (Å²) >= 11 is 1.43. The van der Waals surface area contributed by atoms with Crippen LogP contribution in [-0.2, 0) is 38.5 Å². The second kappa shape index (κ2) is 18.5. The van der Waals surface area contributed by atoms with E-state index in [9.17, 15) is 14.4 Å². The van der Waals surface area contributed by atoms with Crippen LogP contribution in [0.25, 0.3) is 0 Å². The average Bonchev–Trinajstić information content (AvgIpc) is 3.59. The van der Waals surface area contributed by atoms with Crippen molar-refractivity contribution in [2.45, 2.75) is 77.6 Å². The van der Waals surface area contributed by atoms with Gasteiger partial charge in [0.2, 0.25) is 11.8 Å². The number of alkyl carbamates (subject to hydrolysis) is 1.